The molecule has 0 fully saturated rings. The summed E-state index contributed by atoms with van der Waals surface area (Å²) in [5.74, 6) is 1.36. The monoisotopic (exact) mass is 219 g/mol. The van der Waals surface area contributed by atoms with E-state index in [2.05, 4.69) is 63.3 Å². The van der Waals surface area contributed by atoms with E-state index in [0.717, 1.165) is 6.54 Å². The van der Waals surface area contributed by atoms with Crippen molar-refractivity contribution >= 4 is 0 Å². The number of benzene rings is 1. The molecule has 1 rings (SSSR count). The average Bonchev–Trinajstić information content (AvgIpc) is 2.29. The van der Waals surface area contributed by atoms with Crippen molar-refractivity contribution in [3.8, 4) is 0 Å². The van der Waals surface area contributed by atoms with Crippen molar-refractivity contribution in [1.82, 2.24) is 5.32 Å². The van der Waals surface area contributed by atoms with Crippen molar-refractivity contribution < 1.29 is 0 Å². The van der Waals surface area contributed by atoms with Gasteiger partial charge in [0.05, 0.1) is 0 Å². The summed E-state index contributed by atoms with van der Waals surface area (Å²) in [6.07, 6.45) is 1.21. The van der Waals surface area contributed by atoms with Crippen LogP contribution in [0.3, 0.4) is 0 Å². The fraction of sp³-hybridized carbons (Fsp3) is 0.600. The lowest BCUT2D eigenvalue weighted by molar-refractivity contribution is 0.417. The van der Waals surface area contributed by atoms with E-state index in [-0.39, 0.29) is 0 Å². The molecule has 1 aromatic carbocycles. The van der Waals surface area contributed by atoms with Gasteiger partial charge in [-0.3, -0.25) is 0 Å². The molecule has 0 amide bonds. The Kier molecular flexibility index (Phi) is 5.54. The van der Waals surface area contributed by atoms with Gasteiger partial charge in [-0.15, -0.1) is 0 Å². The fourth-order valence-electron chi connectivity index (χ4n) is 1.71. The second-order valence-electron chi connectivity index (χ2n) is 5.09. The minimum absolute atomic E-state index is 0.614. The first-order valence-electron chi connectivity index (χ1n) is 6.39. The molecule has 1 aromatic rings. The maximum Gasteiger partial charge on any atom is 0.00617 e. The van der Waals surface area contributed by atoms with E-state index in [1.165, 1.54) is 12.0 Å². The summed E-state index contributed by atoms with van der Waals surface area (Å²) in [5.41, 5.74) is 1.45. The molecule has 0 saturated carbocycles. The third-order valence-electron chi connectivity index (χ3n) is 3.41. The molecule has 0 heterocycles. The molecule has 90 valence electrons. The van der Waals surface area contributed by atoms with Gasteiger partial charge in [0.15, 0.2) is 0 Å². The zero-order valence-electron chi connectivity index (χ0n) is 11.0. The Morgan fingerprint density at radius 1 is 1.00 bits per heavy atom. The van der Waals surface area contributed by atoms with Gasteiger partial charge < -0.3 is 5.32 Å². The lowest BCUT2D eigenvalue weighted by Crippen LogP contribution is -2.32. The zero-order chi connectivity index (χ0) is 12.0. The Labute approximate surface area is 100 Å². The topological polar surface area (TPSA) is 12.0 Å². The number of rotatable bonds is 6. The Balaban J connectivity index is 2.28. The Bertz CT molecular complexity index is 279. The van der Waals surface area contributed by atoms with Crippen molar-refractivity contribution in [2.75, 3.05) is 6.54 Å². The highest BCUT2D eigenvalue weighted by Gasteiger charge is 2.08. The molecular formula is C15H25N. The zero-order valence-corrected chi connectivity index (χ0v) is 11.0. The minimum Gasteiger partial charge on any atom is -0.314 e. The highest BCUT2D eigenvalue weighted by Crippen LogP contribution is 2.17. The molecule has 16 heavy (non-hydrogen) atoms. The highest BCUT2D eigenvalue weighted by molar-refractivity contribution is 5.18. The summed E-state index contributed by atoms with van der Waals surface area (Å²) in [7, 11) is 0. The van der Waals surface area contributed by atoms with E-state index < -0.39 is 0 Å². The standard InChI is InChI=1S/C15H25N/c1-12(2)14(4)16-11-10-13(3)15-8-6-5-7-9-15/h5-9,12-14,16H,10-11H2,1-4H3. The maximum absolute atomic E-state index is 3.58. The van der Waals surface area contributed by atoms with Crippen LogP contribution in [-0.2, 0) is 0 Å². The van der Waals surface area contributed by atoms with Crippen molar-refractivity contribution in [2.45, 2.75) is 46.1 Å². The second kappa shape index (κ2) is 6.70. The van der Waals surface area contributed by atoms with Crippen LogP contribution in [0.15, 0.2) is 30.3 Å². The number of hydrogen-bond acceptors (Lipinski definition) is 1. The normalized spacial score (nSPS) is 15.1. The van der Waals surface area contributed by atoms with Gasteiger partial charge in [-0.1, -0.05) is 51.1 Å². The van der Waals surface area contributed by atoms with E-state index >= 15 is 0 Å². The van der Waals surface area contributed by atoms with Crippen molar-refractivity contribution in [3.63, 3.8) is 0 Å². The largest absolute Gasteiger partial charge is 0.314 e. The maximum atomic E-state index is 3.58. The molecule has 2 unspecified atom stereocenters. The van der Waals surface area contributed by atoms with Crippen molar-refractivity contribution in [1.29, 1.82) is 0 Å². The molecular weight excluding hydrogens is 194 g/mol. The van der Waals surface area contributed by atoms with Gasteiger partial charge in [-0.25, -0.2) is 0 Å². The molecule has 0 aromatic heterocycles. The van der Waals surface area contributed by atoms with Crippen LogP contribution in [0.4, 0.5) is 0 Å². The van der Waals surface area contributed by atoms with Gasteiger partial charge >= 0.3 is 0 Å². The smallest absolute Gasteiger partial charge is 0.00617 e. The van der Waals surface area contributed by atoms with Crippen LogP contribution in [0.2, 0.25) is 0 Å². The van der Waals surface area contributed by atoms with Crippen LogP contribution < -0.4 is 5.32 Å². The molecule has 0 aliphatic heterocycles. The van der Waals surface area contributed by atoms with Gasteiger partial charge in [0.2, 0.25) is 0 Å². The molecule has 2 atom stereocenters. The molecule has 0 saturated heterocycles. The van der Waals surface area contributed by atoms with E-state index in [1.807, 2.05) is 0 Å². The first-order valence-corrected chi connectivity index (χ1v) is 6.39. The summed E-state index contributed by atoms with van der Waals surface area (Å²) in [5, 5.41) is 3.58. The predicted octanol–water partition coefficient (Wildman–Crippen LogP) is 3.81. The van der Waals surface area contributed by atoms with Crippen LogP contribution >= 0.6 is 0 Å². The summed E-state index contributed by atoms with van der Waals surface area (Å²) in [4.78, 5) is 0. The molecule has 0 aliphatic carbocycles. The van der Waals surface area contributed by atoms with Crippen LogP contribution in [0.1, 0.15) is 45.6 Å². The third-order valence-corrected chi connectivity index (χ3v) is 3.41. The van der Waals surface area contributed by atoms with E-state index in [1.54, 1.807) is 0 Å². The Morgan fingerprint density at radius 2 is 1.62 bits per heavy atom. The summed E-state index contributed by atoms with van der Waals surface area (Å²) >= 11 is 0. The predicted molar refractivity (Wildman–Crippen MR) is 71.8 cm³/mol. The van der Waals surface area contributed by atoms with Crippen molar-refractivity contribution in [3.05, 3.63) is 35.9 Å². The van der Waals surface area contributed by atoms with Gasteiger partial charge in [0.25, 0.3) is 0 Å². The summed E-state index contributed by atoms with van der Waals surface area (Å²) in [6, 6.07) is 11.4. The molecule has 0 aliphatic rings. The van der Waals surface area contributed by atoms with Gasteiger partial charge in [0.1, 0.15) is 0 Å². The van der Waals surface area contributed by atoms with Gasteiger partial charge in [-0.05, 0) is 37.3 Å². The second-order valence-corrected chi connectivity index (χ2v) is 5.09. The van der Waals surface area contributed by atoms with Gasteiger partial charge in [-0.2, -0.15) is 0 Å². The summed E-state index contributed by atoms with van der Waals surface area (Å²) < 4.78 is 0. The lowest BCUT2D eigenvalue weighted by Gasteiger charge is -2.19. The van der Waals surface area contributed by atoms with Crippen LogP contribution in [-0.4, -0.2) is 12.6 Å². The average molecular weight is 219 g/mol. The van der Waals surface area contributed by atoms with Crippen LogP contribution in [0.5, 0.6) is 0 Å². The summed E-state index contributed by atoms with van der Waals surface area (Å²) in [6.45, 7) is 10.2. The molecule has 1 heteroatoms. The Morgan fingerprint density at radius 3 is 2.19 bits per heavy atom. The van der Waals surface area contributed by atoms with E-state index in [0.29, 0.717) is 17.9 Å². The number of hydrogen-bond donors (Lipinski definition) is 1. The SMILES string of the molecule is CC(CCNC(C)C(C)C)c1ccccc1. The fourth-order valence-corrected chi connectivity index (χ4v) is 1.71. The minimum atomic E-state index is 0.614. The first-order chi connectivity index (χ1) is 7.61. The molecule has 0 radical (unpaired) electrons. The molecule has 1 N–H and O–H groups in total. The highest BCUT2D eigenvalue weighted by atomic mass is 14.9. The third kappa shape index (κ3) is 4.36. The van der Waals surface area contributed by atoms with Gasteiger partial charge in [0, 0.05) is 6.04 Å². The Hall–Kier alpha value is -0.820. The van der Waals surface area contributed by atoms with Crippen LogP contribution in [0.25, 0.3) is 0 Å². The molecule has 0 spiro atoms. The van der Waals surface area contributed by atoms with Crippen molar-refractivity contribution in [2.24, 2.45) is 5.92 Å². The quantitative estimate of drug-likeness (QED) is 0.767. The van der Waals surface area contributed by atoms with E-state index in [9.17, 15) is 0 Å². The molecule has 1 nitrogen and oxygen atoms in total. The molecule has 0 bridgehead atoms. The van der Waals surface area contributed by atoms with E-state index in [4.69, 9.17) is 0 Å². The first kappa shape index (κ1) is 13.2. The van der Waals surface area contributed by atoms with Crippen LogP contribution in [0, 0.1) is 5.92 Å². The number of nitrogens with one attached hydrogen (secondary N) is 1. The lowest BCUT2D eigenvalue weighted by atomic mass is 9.97.